The average molecular weight is 320 g/mol. The van der Waals surface area contributed by atoms with Crippen LogP contribution in [0.25, 0.3) is 0 Å². The van der Waals surface area contributed by atoms with Gasteiger partial charge in [-0.05, 0) is 30.9 Å². The zero-order valence-electron chi connectivity index (χ0n) is 14.2. The van der Waals surface area contributed by atoms with E-state index in [9.17, 15) is 9.59 Å². The zero-order chi connectivity index (χ0) is 17.5. The van der Waals surface area contributed by atoms with Crippen molar-refractivity contribution in [1.29, 1.82) is 0 Å². The van der Waals surface area contributed by atoms with Gasteiger partial charge in [0.25, 0.3) is 0 Å². The van der Waals surface area contributed by atoms with Crippen molar-refractivity contribution in [1.82, 2.24) is 10.6 Å². The van der Waals surface area contributed by atoms with Gasteiger partial charge in [0, 0.05) is 12.1 Å². The number of aryl methyl sites for hydroxylation is 1. The number of nitrogens with one attached hydrogen (secondary N) is 2. The Labute approximate surface area is 138 Å². The van der Waals surface area contributed by atoms with Crippen molar-refractivity contribution in [2.24, 2.45) is 11.5 Å². The van der Waals surface area contributed by atoms with Gasteiger partial charge >= 0.3 is 6.03 Å². The molecule has 0 saturated carbocycles. The summed E-state index contributed by atoms with van der Waals surface area (Å²) in [6.45, 7) is 6.35. The number of benzene rings is 1. The molecule has 0 bridgehead atoms. The molecule has 0 aromatic heterocycles. The highest BCUT2D eigenvalue weighted by atomic mass is 16.2. The molecule has 1 unspecified atom stereocenters. The van der Waals surface area contributed by atoms with Crippen LogP contribution in [-0.2, 0) is 4.79 Å². The van der Waals surface area contributed by atoms with Crippen molar-refractivity contribution in [2.75, 3.05) is 6.54 Å². The molecular formula is C17H28N4O2. The molecule has 1 aromatic rings. The third-order valence-corrected chi connectivity index (χ3v) is 4.32. The Hall–Kier alpha value is -2.08. The van der Waals surface area contributed by atoms with Crippen molar-refractivity contribution >= 4 is 11.9 Å². The molecule has 6 N–H and O–H groups in total. The molecule has 0 spiro atoms. The standard InChI is InChI=1S/C17H28N4O2/c1-4-17(19,5-2)11-20-15(22)10-14(21-16(18)23)13-9-7-6-8-12(13)3/h6-9,14H,4-5,10-11,19H2,1-3H3,(H,20,22)(H3,18,21,23). The Bertz CT molecular complexity index is 541. The van der Waals surface area contributed by atoms with Crippen LogP contribution in [0.5, 0.6) is 0 Å². The fourth-order valence-corrected chi connectivity index (χ4v) is 2.42. The summed E-state index contributed by atoms with van der Waals surface area (Å²) >= 11 is 0. The van der Waals surface area contributed by atoms with Gasteiger partial charge in [0.15, 0.2) is 0 Å². The highest BCUT2D eigenvalue weighted by molar-refractivity contribution is 5.79. The minimum absolute atomic E-state index is 0.122. The topological polar surface area (TPSA) is 110 Å². The molecule has 6 heteroatoms. The van der Waals surface area contributed by atoms with E-state index in [0.29, 0.717) is 6.54 Å². The van der Waals surface area contributed by atoms with Crippen molar-refractivity contribution in [2.45, 2.75) is 51.6 Å². The van der Waals surface area contributed by atoms with Gasteiger partial charge in [0.05, 0.1) is 12.5 Å². The normalized spacial score (nSPS) is 12.5. The number of rotatable bonds is 8. The maximum absolute atomic E-state index is 12.2. The summed E-state index contributed by atoms with van der Waals surface area (Å²) in [5.74, 6) is -0.163. The molecule has 0 heterocycles. The van der Waals surface area contributed by atoms with Crippen LogP contribution >= 0.6 is 0 Å². The molecule has 0 radical (unpaired) electrons. The van der Waals surface area contributed by atoms with Crippen LogP contribution in [-0.4, -0.2) is 24.0 Å². The second-order valence-electron chi connectivity index (χ2n) is 5.97. The van der Waals surface area contributed by atoms with Gasteiger partial charge in [-0.3, -0.25) is 4.79 Å². The van der Waals surface area contributed by atoms with Gasteiger partial charge in [-0.15, -0.1) is 0 Å². The maximum Gasteiger partial charge on any atom is 0.312 e. The molecule has 0 aliphatic carbocycles. The lowest BCUT2D eigenvalue weighted by atomic mass is 9.94. The van der Waals surface area contributed by atoms with Crippen LogP contribution in [0.1, 0.15) is 50.3 Å². The van der Waals surface area contributed by atoms with Crippen LogP contribution in [0.2, 0.25) is 0 Å². The van der Waals surface area contributed by atoms with E-state index in [1.165, 1.54) is 0 Å². The van der Waals surface area contributed by atoms with Crippen molar-refractivity contribution in [3.8, 4) is 0 Å². The SMILES string of the molecule is CCC(N)(CC)CNC(=O)CC(NC(N)=O)c1ccccc1C. The lowest BCUT2D eigenvalue weighted by Crippen LogP contribution is -2.49. The van der Waals surface area contributed by atoms with Crippen LogP contribution in [0.3, 0.4) is 0 Å². The predicted octanol–water partition coefficient (Wildman–Crippen LogP) is 1.73. The summed E-state index contributed by atoms with van der Waals surface area (Å²) in [5, 5.41) is 5.50. The molecule has 1 atom stereocenters. The molecule has 23 heavy (non-hydrogen) atoms. The van der Waals surface area contributed by atoms with Gasteiger partial charge in [-0.2, -0.15) is 0 Å². The quantitative estimate of drug-likeness (QED) is 0.585. The average Bonchev–Trinajstić information content (AvgIpc) is 2.52. The van der Waals surface area contributed by atoms with E-state index in [1.807, 2.05) is 45.0 Å². The van der Waals surface area contributed by atoms with Gasteiger partial charge < -0.3 is 22.1 Å². The van der Waals surface area contributed by atoms with E-state index >= 15 is 0 Å². The van der Waals surface area contributed by atoms with E-state index in [2.05, 4.69) is 10.6 Å². The zero-order valence-corrected chi connectivity index (χ0v) is 14.2. The number of hydrogen-bond acceptors (Lipinski definition) is 3. The van der Waals surface area contributed by atoms with E-state index in [0.717, 1.165) is 24.0 Å². The van der Waals surface area contributed by atoms with Crippen LogP contribution in [0, 0.1) is 6.92 Å². The Morgan fingerprint density at radius 2 is 1.83 bits per heavy atom. The molecule has 1 aromatic carbocycles. The van der Waals surface area contributed by atoms with E-state index in [1.54, 1.807) is 0 Å². The first-order valence-corrected chi connectivity index (χ1v) is 7.98. The summed E-state index contributed by atoms with van der Waals surface area (Å²) in [4.78, 5) is 23.5. The second-order valence-corrected chi connectivity index (χ2v) is 5.97. The Morgan fingerprint density at radius 1 is 1.22 bits per heavy atom. The summed E-state index contributed by atoms with van der Waals surface area (Å²) in [5.41, 5.74) is 12.9. The van der Waals surface area contributed by atoms with Crippen molar-refractivity contribution in [3.63, 3.8) is 0 Å². The summed E-state index contributed by atoms with van der Waals surface area (Å²) in [6, 6.07) is 6.49. The Balaban J connectivity index is 2.76. The third-order valence-electron chi connectivity index (χ3n) is 4.32. The van der Waals surface area contributed by atoms with E-state index < -0.39 is 17.6 Å². The van der Waals surface area contributed by atoms with Gasteiger partial charge in [0.2, 0.25) is 5.91 Å². The van der Waals surface area contributed by atoms with Crippen molar-refractivity contribution in [3.05, 3.63) is 35.4 Å². The number of amides is 3. The molecule has 1 rings (SSSR count). The first-order chi connectivity index (χ1) is 10.8. The highest BCUT2D eigenvalue weighted by Gasteiger charge is 2.23. The second kappa shape index (κ2) is 8.53. The first-order valence-electron chi connectivity index (χ1n) is 7.98. The van der Waals surface area contributed by atoms with Crippen LogP contribution in [0.4, 0.5) is 4.79 Å². The Morgan fingerprint density at radius 3 is 2.35 bits per heavy atom. The van der Waals surface area contributed by atoms with Gasteiger partial charge in [-0.25, -0.2) is 4.79 Å². The van der Waals surface area contributed by atoms with Crippen molar-refractivity contribution < 1.29 is 9.59 Å². The number of primary amides is 1. The Kier molecular flexibility index (Phi) is 7.03. The monoisotopic (exact) mass is 320 g/mol. The predicted molar refractivity (Wildman–Crippen MR) is 91.8 cm³/mol. The summed E-state index contributed by atoms with van der Waals surface area (Å²) < 4.78 is 0. The van der Waals surface area contributed by atoms with E-state index in [-0.39, 0.29) is 12.3 Å². The lowest BCUT2D eigenvalue weighted by Gasteiger charge is -2.27. The minimum atomic E-state index is -0.652. The van der Waals surface area contributed by atoms with Crippen LogP contribution < -0.4 is 22.1 Å². The molecule has 0 fully saturated rings. The van der Waals surface area contributed by atoms with Gasteiger partial charge in [-0.1, -0.05) is 38.1 Å². The maximum atomic E-state index is 12.2. The number of urea groups is 1. The summed E-state index contributed by atoms with van der Waals surface area (Å²) in [7, 11) is 0. The molecule has 128 valence electrons. The smallest absolute Gasteiger partial charge is 0.312 e. The summed E-state index contributed by atoms with van der Waals surface area (Å²) in [6.07, 6.45) is 1.69. The van der Waals surface area contributed by atoms with Gasteiger partial charge in [0.1, 0.15) is 0 Å². The molecule has 0 saturated heterocycles. The molecule has 6 nitrogen and oxygen atoms in total. The number of hydrogen-bond donors (Lipinski definition) is 4. The highest BCUT2D eigenvalue weighted by Crippen LogP contribution is 2.20. The fraction of sp³-hybridized carbons (Fsp3) is 0.529. The van der Waals surface area contributed by atoms with E-state index in [4.69, 9.17) is 11.5 Å². The molecule has 3 amide bonds. The number of carbonyl (C=O) groups excluding carboxylic acids is 2. The molecular weight excluding hydrogens is 292 g/mol. The first kappa shape index (κ1) is 19.0. The number of nitrogens with two attached hydrogens (primary N) is 2. The third kappa shape index (κ3) is 5.90. The number of carbonyl (C=O) groups is 2. The molecule has 0 aliphatic heterocycles. The largest absolute Gasteiger partial charge is 0.354 e. The fourth-order valence-electron chi connectivity index (χ4n) is 2.42. The minimum Gasteiger partial charge on any atom is -0.354 e. The van der Waals surface area contributed by atoms with Crippen LogP contribution in [0.15, 0.2) is 24.3 Å². The lowest BCUT2D eigenvalue weighted by molar-refractivity contribution is -0.121. The molecule has 0 aliphatic rings.